The van der Waals surface area contributed by atoms with E-state index >= 15 is 0 Å². The van der Waals surface area contributed by atoms with Gasteiger partial charge in [0.25, 0.3) is 0 Å². The zero-order valence-electron chi connectivity index (χ0n) is 11.9. The summed E-state index contributed by atoms with van der Waals surface area (Å²) in [5.74, 6) is 1.92. The molecular formula is C17H23NO. The molecule has 1 aromatic carbocycles. The standard InChI is InChI=1S/C17H23NO/c1-12-9-13(2)11-14(10-12)18-8-7-17(19)15-5-3-4-6-16(15)18/h3-6,12-14H,7-11H2,1-2H3. The number of hydrogen-bond donors (Lipinski definition) is 0. The van der Waals surface area contributed by atoms with Crippen LogP contribution < -0.4 is 4.90 Å². The van der Waals surface area contributed by atoms with Crippen LogP contribution in [0.2, 0.25) is 0 Å². The molecular weight excluding hydrogens is 234 g/mol. The molecule has 2 unspecified atom stereocenters. The Balaban J connectivity index is 1.90. The van der Waals surface area contributed by atoms with Gasteiger partial charge in [-0.25, -0.2) is 0 Å². The van der Waals surface area contributed by atoms with Gasteiger partial charge in [0.05, 0.1) is 0 Å². The zero-order valence-corrected chi connectivity index (χ0v) is 11.9. The van der Waals surface area contributed by atoms with Gasteiger partial charge in [-0.1, -0.05) is 26.0 Å². The van der Waals surface area contributed by atoms with Gasteiger partial charge in [-0.05, 0) is 43.2 Å². The molecule has 1 aromatic rings. The molecule has 0 amide bonds. The number of rotatable bonds is 1. The quantitative estimate of drug-likeness (QED) is 0.760. The van der Waals surface area contributed by atoms with Gasteiger partial charge in [0, 0.05) is 30.3 Å². The Labute approximate surface area is 115 Å². The predicted molar refractivity (Wildman–Crippen MR) is 78.7 cm³/mol. The SMILES string of the molecule is CC1CC(C)CC(N2CCC(=O)c3ccccc32)C1. The summed E-state index contributed by atoms with van der Waals surface area (Å²) >= 11 is 0. The Hall–Kier alpha value is -1.31. The van der Waals surface area contributed by atoms with Gasteiger partial charge < -0.3 is 4.90 Å². The van der Waals surface area contributed by atoms with E-state index in [2.05, 4.69) is 30.9 Å². The summed E-state index contributed by atoms with van der Waals surface area (Å²) in [5, 5.41) is 0. The zero-order chi connectivity index (χ0) is 13.4. The fourth-order valence-electron chi connectivity index (χ4n) is 3.98. The van der Waals surface area contributed by atoms with Gasteiger partial charge in [0.2, 0.25) is 0 Å². The predicted octanol–water partition coefficient (Wildman–Crippen LogP) is 3.90. The molecule has 102 valence electrons. The topological polar surface area (TPSA) is 20.3 Å². The van der Waals surface area contributed by atoms with Crippen molar-refractivity contribution in [1.82, 2.24) is 0 Å². The van der Waals surface area contributed by atoms with Crippen LogP contribution in [0.1, 0.15) is 49.9 Å². The van der Waals surface area contributed by atoms with Crippen molar-refractivity contribution in [3.63, 3.8) is 0 Å². The normalized spacial score (nSPS) is 31.2. The fourth-order valence-corrected chi connectivity index (χ4v) is 3.98. The minimum atomic E-state index is 0.309. The molecule has 2 atom stereocenters. The van der Waals surface area contributed by atoms with E-state index in [1.54, 1.807) is 0 Å². The van der Waals surface area contributed by atoms with Crippen molar-refractivity contribution in [2.75, 3.05) is 11.4 Å². The number of Topliss-reactive ketones (excluding diaryl/α,β-unsaturated/α-hetero) is 1. The third-order valence-electron chi connectivity index (χ3n) is 4.69. The number of nitrogens with zero attached hydrogens (tertiary/aromatic N) is 1. The van der Waals surface area contributed by atoms with E-state index in [-0.39, 0.29) is 0 Å². The second-order valence-electron chi connectivity index (χ2n) is 6.45. The molecule has 3 rings (SSSR count). The van der Waals surface area contributed by atoms with Gasteiger partial charge in [-0.3, -0.25) is 4.79 Å². The number of carbonyl (C=O) groups is 1. The summed E-state index contributed by atoms with van der Waals surface area (Å²) in [6.07, 6.45) is 4.57. The maximum absolute atomic E-state index is 12.0. The van der Waals surface area contributed by atoms with E-state index in [9.17, 15) is 4.79 Å². The highest BCUT2D eigenvalue weighted by Gasteiger charge is 2.32. The summed E-state index contributed by atoms with van der Waals surface area (Å²) < 4.78 is 0. The first-order chi connectivity index (χ1) is 9.15. The molecule has 1 aliphatic carbocycles. The van der Waals surface area contributed by atoms with Crippen LogP contribution in [0.15, 0.2) is 24.3 Å². The van der Waals surface area contributed by atoms with Crippen molar-refractivity contribution in [1.29, 1.82) is 0 Å². The molecule has 1 saturated carbocycles. The van der Waals surface area contributed by atoms with Crippen molar-refractivity contribution in [2.45, 2.75) is 45.6 Å². The Morgan fingerprint density at radius 3 is 2.47 bits per heavy atom. The van der Waals surface area contributed by atoms with Crippen molar-refractivity contribution in [3.05, 3.63) is 29.8 Å². The lowest BCUT2D eigenvalue weighted by molar-refractivity contribution is 0.0977. The fraction of sp³-hybridized carbons (Fsp3) is 0.588. The van der Waals surface area contributed by atoms with Crippen molar-refractivity contribution in [3.8, 4) is 0 Å². The molecule has 2 aliphatic rings. The van der Waals surface area contributed by atoms with Crippen LogP contribution in [0.5, 0.6) is 0 Å². The van der Waals surface area contributed by atoms with Gasteiger partial charge in [0.1, 0.15) is 0 Å². The summed E-state index contributed by atoms with van der Waals surface area (Å²) in [6, 6.07) is 8.76. The van der Waals surface area contributed by atoms with Crippen molar-refractivity contribution in [2.24, 2.45) is 11.8 Å². The van der Waals surface area contributed by atoms with Crippen LogP contribution >= 0.6 is 0 Å². The number of para-hydroxylation sites is 1. The maximum Gasteiger partial charge on any atom is 0.166 e. The second-order valence-corrected chi connectivity index (χ2v) is 6.45. The molecule has 0 N–H and O–H groups in total. The minimum Gasteiger partial charge on any atom is -0.367 e. The number of fused-ring (bicyclic) bond motifs is 1. The highest BCUT2D eigenvalue weighted by Crippen LogP contribution is 2.37. The summed E-state index contributed by atoms with van der Waals surface area (Å²) in [5.41, 5.74) is 2.10. The average molecular weight is 257 g/mol. The van der Waals surface area contributed by atoms with E-state index in [0.717, 1.165) is 23.9 Å². The smallest absolute Gasteiger partial charge is 0.166 e. The van der Waals surface area contributed by atoms with Gasteiger partial charge in [-0.15, -0.1) is 0 Å². The van der Waals surface area contributed by atoms with E-state index in [0.29, 0.717) is 18.2 Å². The van der Waals surface area contributed by atoms with E-state index in [1.165, 1.54) is 24.9 Å². The van der Waals surface area contributed by atoms with Gasteiger partial charge in [-0.2, -0.15) is 0 Å². The molecule has 1 heterocycles. The summed E-state index contributed by atoms with van der Waals surface area (Å²) in [4.78, 5) is 14.5. The molecule has 0 bridgehead atoms. The highest BCUT2D eigenvalue weighted by atomic mass is 16.1. The monoisotopic (exact) mass is 257 g/mol. The molecule has 2 heteroatoms. The van der Waals surface area contributed by atoms with E-state index in [1.807, 2.05) is 12.1 Å². The van der Waals surface area contributed by atoms with Crippen LogP contribution in [-0.2, 0) is 0 Å². The molecule has 0 aromatic heterocycles. The van der Waals surface area contributed by atoms with Crippen molar-refractivity contribution >= 4 is 11.5 Å². The Morgan fingerprint density at radius 2 is 1.74 bits per heavy atom. The van der Waals surface area contributed by atoms with Crippen LogP contribution in [0, 0.1) is 11.8 Å². The lowest BCUT2D eigenvalue weighted by Crippen LogP contribution is -2.44. The first-order valence-corrected chi connectivity index (χ1v) is 7.54. The number of carbonyl (C=O) groups excluding carboxylic acids is 1. The third-order valence-corrected chi connectivity index (χ3v) is 4.69. The molecule has 19 heavy (non-hydrogen) atoms. The van der Waals surface area contributed by atoms with Crippen LogP contribution in [0.4, 0.5) is 5.69 Å². The third kappa shape index (κ3) is 2.41. The Kier molecular flexibility index (Phi) is 3.34. The first-order valence-electron chi connectivity index (χ1n) is 7.54. The van der Waals surface area contributed by atoms with E-state index in [4.69, 9.17) is 0 Å². The molecule has 1 fully saturated rings. The molecule has 0 spiro atoms. The number of ketones is 1. The Bertz CT molecular complexity index is 472. The summed E-state index contributed by atoms with van der Waals surface area (Å²) in [6.45, 7) is 5.63. The largest absolute Gasteiger partial charge is 0.367 e. The molecule has 1 aliphatic heterocycles. The summed E-state index contributed by atoms with van der Waals surface area (Å²) in [7, 11) is 0. The number of hydrogen-bond acceptors (Lipinski definition) is 2. The van der Waals surface area contributed by atoms with Crippen LogP contribution in [-0.4, -0.2) is 18.4 Å². The minimum absolute atomic E-state index is 0.309. The van der Waals surface area contributed by atoms with E-state index < -0.39 is 0 Å². The van der Waals surface area contributed by atoms with Gasteiger partial charge in [0.15, 0.2) is 5.78 Å². The highest BCUT2D eigenvalue weighted by molar-refractivity contribution is 6.03. The molecule has 0 radical (unpaired) electrons. The van der Waals surface area contributed by atoms with Crippen molar-refractivity contribution < 1.29 is 4.79 Å². The number of benzene rings is 1. The number of anilines is 1. The average Bonchev–Trinajstić information content (AvgIpc) is 2.38. The van der Waals surface area contributed by atoms with Crippen LogP contribution in [0.25, 0.3) is 0 Å². The molecule has 0 saturated heterocycles. The maximum atomic E-state index is 12.0. The lowest BCUT2D eigenvalue weighted by atomic mass is 9.79. The Morgan fingerprint density at radius 1 is 1.05 bits per heavy atom. The van der Waals surface area contributed by atoms with Gasteiger partial charge >= 0.3 is 0 Å². The second kappa shape index (κ2) is 4.99. The first kappa shape index (κ1) is 12.7. The van der Waals surface area contributed by atoms with Crippen LogP contribution in [0.3, 0.4) is 0 Å². The molecule has 2 nitrogen and oxygen atoms in total. The lowest BCUT2D eigenvalue weighted by Gasteiger charge is -2.42.